The van der Waals surface area contributed by atoms with E-state index in [-0.39, 0.29) is 6.10 Å². The molecule has 0 aromatic carbocycles. The smallest absolute Gasteiger partial charge is 0.0962 e. The van der Waals surface area contributed by atoms with Crippen LogP contribution in [0, 0.1) is 0 Å². The molecule has 2 rings (SSSR count). The van der Waals surface area contributed by atoms with Crippen LogP contribution < -0.4 is 5.73 Å². The summed E-state index contributed by atoms with van der Waals surface area (Å²) in [7, 11) is 0. The van der Waals surface area contributed by atoms with Crippen molar-refractivity contribution in [2.75, 3.05) is 19.7 Å². The Bertz CT molecular complexity index is 351. The first kappa shape index (κ1) is 12.5. The number of nitrogens with two attached hydrogens (primary N) is 1. The zero-order valence-corrected chi connectivity index (χ0v) is 10.5. The summed E-state index contributed by atoms with van der Waals surface area (Å²) in [5, 5.41) is 8.01. The number of hydrogen-bond acceptors (Lipinski definition) is 5. The summed E-state index contributed by atoms with van der Waals surface area (Å²) >= 11 is 0. The van der Waals surface area contributed by atoms with Gasteiger partial charge in [-0.15, -0.1) is 5.10 Å². The molecule has 1 aliphatic heterocycles. The molecule has 0 saturated carbocycles. The first-order chi connectivity index (χ1) is 8.19. The maximum atomic E-state index is 5.74. The lowest BCUT2D eigenvalue weighted by Crippen LogP contribution is -2.47. The summed E-state index contributed by atoms with van der Waals surface area (Å²) in [4.78, 5) is 2.43. The first-order valence-electron chi connectivity index (χ1n) is 6.13. The van der Waals surface area contributed by atoms with E-state index in [9.17, 15) is 0 Å². The summed E-state index contributed by atoms with van der Waals surface area (Å²) in [6, 6.07) is 0.566. The van der Waals surface area contributed by atoms with E-state index in [4.69, 9.17) is 10.5 Å². The van der Waals surface area contributed by atoms with Crippen molar-refractivity contribution in [3.8, 4) is 0 Å². The molecule has 1 aromatic heterocycles. The molecule has 0 bridgehead atoms. The van der Waals surface area contributed by atoms with E-state index in [2.05, 4.69) is 29.1 Å². The van der Waals surface area contributed by atoms with Crippen LogP contribution in [-0.4, -0.2) is 51.7 Å². The van der Waals surface area contributed by atoms with Crippen molar-refractivity contribution in [3.63, 3.8) is 0 Å². The number of nitrogens with zero attached hydrogens (tertiary/aromatic N) is 4. The molecule has 0 spiro atoms. The van der Waals surface area contributed by atoms with Gasteiger partial charge in [0.1, 0.15) is 0 Å². The maximum absolute atomic E-state index is 5.74. The van der Waals surface area contributed by atoms with Gasteiger partial charge in [0, 0.05) is 31.9 Å². The van der Waals surface area contributed by atoms with Crippen LogP contribution in [0.3, 0.4) is 0 Å². The highest BCUT2D eigenvalue weighted by Gasteiger charge is 2.22. The van der Waals surface area contributed by atoms with Crippen LogP contribution in [-0.2, 0) is 17.8 Å². The van der Waals surface area contributed by atoms with E-state index in [1.165, 1.54) is 0 Å². The molecular weight excluding hydrogens is 218 g/mol. The molecule has 2 N–H and O–H groups in total. The largest absolute Gasteiger partial charge is 0.374 e. The SMILES string of the molecule is CC(C)N1CCOC(Cn2cc(CN)nn2)C1. The number of morpholine rings is 1. The Morgan fingerprint density at radius 1 is 1.59 bits per heavy atom. The molecule has 6 nitrogen and oxygen atoms in total. The van der Waals surface area contributed by atoms with Gasteiger partial charge in [0.25, 0.3) is 0 Å². The predicted molar refractivity (Wildman–Crippen MR) is 64.4 cm³/mol. The van der Waals surface area contributed by atoms with Crippen molar-refractivity contribution in [1.29, 1.82) is 0 Å². The van der Waals surface area contributed by atoms with Crippen LogP contribution in [0.4, 0.5) is 0 Å². The Labute approximate surface area is 102 Å². The lowest BCUT2D eigenvalue weighted by Gasteiger charge is -2.35. The third-order valence-electron chi connectivity index (χ3n) is 3.09. The van der Waals surface area contributed by atoms with E-state index in [0.717, 1.165) is 31.9 Å². The fraction of sp³-hybridized carbons (Fsp3) is 0.818. The summed E-state index contributed by atoms with van der Waals surface area (Å²) in [5.41, 5.74) is 6.32. The molecule has 1 saturated heterocycles. The third-order valence-corrected chi connectivity index (χ3v) is 3.09. The van der Waals surface area contributed by atoms with Gasteiger partial charge in [0.05, 0.1) is 24.9 Å². The molecule has 1 atom stereocenters. The molecule has 1 unspecified atom stereocenters. The van der Waals surface area contributed by atoms with E-state index in [1.54, 1.807) is 0 Å². The lowest BCUT2D eigenvalue weighted by atomic mass is 10.2. The highest BCUT2D eigenvalue weighted by atomic mass is 16.5. The molecule has 1 aromatic rings. The van der Waals surface area contributed by atoms with Crippen LogP contribution in [0.2, 0.25) is 0 Å². The van der Waals surface area contributed by atoms with Gasteiger partial charge in [-0.1, -0.05) is 5.21 Å². The van der Waals surface area contributed by atoms with Crippen LogP contribution in [0.5, 0.6) is 0 Å². The molecule has 1 aliphatic rings. The summed E-state index contributed by atoms with van der Waals surface area (Å²) in [6.07, 6.45) is 2.08. The summed E-state index contributed by atoms with van der Waals surface area (Å²) < 4.78 is 7.56. The number of aromatic nitrogens is 3. The highest BCUT2D eigenvalue weighted by molar-refractivity contribution is 4.91. The van der Waals surface area contributed by atoms with Gasteiger partial charge in [-0.2, -0.15) is 0 Å². The normalized spacial score (nSPS) is 22.2. The van der Waals surface area contributed by atoms with E-state index in [0.29, 0.717) is 12.6 Å². The average molecular weight is 239 g/mol. The highest BCUT2D eigenvalue weighted by Crippen LogP contribution is 2.10. The standard InChI is InChI=1S/C11H21N5O/c1-9(2)15-3-4-17-11(7-15)8-16-6-10(5-12)13-14-16/h6,9,11H,3-5,7-8,12H2,1-2H3. The molecule has 2 heterocycles. The molecular formula is C11H21N5O. The molecule has 0 aliphatic carbocycles. The quantitative estimate of drug-likeness (QED) is 0.791. The lowest BCUT2D eigenvalue weighted by molar-refractivity contribution is -0.0471. The Morgan fingerprint density at radius 2 is 2.41 bits per heavy atom. The van der Waals surface area contributed by atoms with Gasteiger partial charge >= 0.3 is 0 Å². The topological polar surface area (TPSA) is 69.2 Å². The number of hydrogen-bond donors (Lipinski definition) is 1. The fourth-order valence-corrected chi connectivity index (χ4v) is 2.05. The van der Waals surface area contributed by atoms with Gasteiger partial charge in [-0.3, -0.25) is 4.90 Å². The summed E-state index contributed by atoms with van der Waals surface area (Å²) in [5.74, 6) is 0. The molecule has 96 valence electrons. The second-order valence-corrected chi connectivity index (χ2v) is 4.72. The first-order valence-corrected chi connectivity index (χ1v) is 6.13. The molecule has 17 heavy (non-hydrogen) atoms. The van der Waals surface area contributed by atoms with Crippen molar-refractivity contribution in [2.24, 2.45) is 5.73 Å². The van der Waals surface area contributed by atoms with Gasteiger partial charge < -0.3 is 10.5 Å². The Morgan fingerprint density at radius 3 is 3.06 bits per heavy atom. The van der Waals surface area contributed by atoms with Gasteiger partial charge in [0.15, 0.2) is 0 Å². The van der Waals surface area contributed by atoms with Crippen LogP contribution in [0.15, 0.2) is 6.20 Å². The second-order valence-electron chi connectivity index (χ2n) is 4.72. The monoisotopic (exact) mass is 239 g/mol. The molecule has 0 amide bonds. The Kier molecular flexibility index (Phi) is 4.09. The maximum Gasteiger partial charge on any atom is 0.0962 e. The minimum absolute atomic E-state index is 0.193. The van der Waals surface area contributed by atoms with Crippen LogP contribution in [0.1, 0.15) is 19.5 Å². The zero-order chi connectivity index (χ0) is 12.3. The van der Waals surface area contributed by atoms with Crippen molar-refractivity contribution < 1.29 is 4.74 Å². The van der Waals surface area contributed by atoms with Crippen molar-refractivity contribution in [2.45, 2.75) is 39.1 Å². The second kappa shape index (κ2) is 5.57. The number of ether oxygens (including phenoxy) is 1. The third kappa shape index (κ3) is 3.24. The average Bonchev–Trinajstić information content (AvgIpc) is 2.77. The Balaban J connectivity index is 1.90. The van der Waals surface area contributed by atoms with Gasteiger partial charge in [-0.25, -0.2) is 4.68 Å². The predicted octanol–water partition coefficient (Wildman–Crippen LogP) is -0.154. The summed E-state index contributed by atoms with van der Waals surface area (Å²) in [6.45, 7) is 8.37. The van der Waals surface area contributed by atoms with Gasteiger partial charge in [-0.05, 0) is 13.8 Å². The van der Waals surface area contributed by atoms with Crippen molar-refractivity contribution >= 4 is 0 Å². The van der Waals surface area contributed by atoms with Crippen LogP contribution >= 0.6 is 0 Å². The van der Waals surface area contributed by atoms with Crippen molar-refractivity contribution in [3.05, 3.63) is 11.9 Å². The molecule has 1 fully saturated rings. The fourth-order valence-electron chi connectivity index (χ4n) is 2.05. The number of rotatable bonds is 4. The van der Waals surface area contributed by atoms with Crippen LogP contribution in [0.25, 0.3) is 0 Å². The molecule has 6 heteroatoms. The van der Waals surface area contributed by atoms with E-state index >= 15 is 0 Å². The van der Waals surface area contributed by atoms with Gasteiger partial charge in [0.2, 0.25) is 0 Å². The molecule has 0 radical (unpaired) electrons. The minimum atomic E-state index is 0.193. The minimum Gasteiger partial charge on any atom is -0.374 e. The van der Waals surface area contributed by atoms with E-state index < -0.39 is 0 Å². The van der Waals surface area contributed by atoms with Crippen molar-refractivity contribution in [1.82, 2.24) is 19.9 Å². The van der Waals surface area contributed by atoms with E-state index in [1.807, 2.05) is 10.9 Å². The Hall–Kier alpha value is -0.980. The zero-order valence-electron chi connectivity index (χ0n) is 10.5.